The van der Waals surface area contributed by atoms with Crippen LogP contribution in [0.25, 0.3) is 0 Å². The van der Waals surface area contributed by atoms with E-state index in [9.17, 15) is 29.1 Å². The lowest BCUT2D eigenvalue weighted by atomic mass is 9.84. The maximum Gasteiger partial charge on any atom is 0.328 e. The van der Waals surface area contributed by atoms with Gasteiger partial charge in [0.05, 0.1) is 5.92 Å². The molecule has 0 radical (unpaired) electrons. The predicted octanol–water partition coefficient (Wildman–Crippen LogP) is 0.904. The Morgan fingerprint density at radius 1 is 1.21 bits per heavy atom. The number of barbiturate groups is 1. The lowest BCUT2D eigenvalue weighted by Gasteiger charge is -2.25. The lowest BCUT2D eigenvalue weighted by molar-refractivity contribution is -0.151. The molecular formula is C15H13ClN2O6. The molecule has 4 amide bonds. The molecule has 0 spiro atoms. The Labute approximate surface area is 141 Å². The van der Waals surface area contributed by atoms with Crippen molar-refractivity contribution >= 4 is 41.2 Å². The number of amides is 4. The molecule has 1 aliphatic heterocycles. The van der Waals surface area contributed by atoms with Crippen LogP contribution in [0, 0.1) is 18.8 Å². The molecule has 1 aromatic carbocycles. The van der Waals surface area contributed by atoms with Crippen LogP contribution in [0.5, 0.6) is 0 Å². The van der Waals surface area contributed by atoms with E-state index in [1.54, 1.807) is 6.92 Å². The minimum Gasteiger partial charge on any atom is -0.481 e. The smallest absolute Gasteiger partial charge is 0.328 e. The van der Waals surface area contributed by atoms with E-state index in [4.69, 9.17) is 11.6 Å². The highest BCUT2D eigenvalue weighted by Crippen LogP contribution is 2.23. The molecule has 1 aliphatic rings. The number of aliphatic carboxylic acids is 1. The molecule has 1 fully saturated rings. The molecule has 0 bridgehead atoms. The Hall–Kier alpha value is -2.74. The zero-order chi connectivity index (χ0) is 18.0. The fourth-order valence-corrected chi connectivity index (χ4v) is 2.50. The van der Waals surface area contributed by atoms with Crippen molar-refractivity contribution < 1.29 is 29.1 Å². The fourth-order valence-electron chi connectivity index (χ4n) is 2.38. The van der Waals surface area contributed by atoms with Gasteiger partial charge in [-0.25, -0.2) is 4.79 Å². The van der Waals surface area contributed by atoms with Crippen molar-refractivity contribution in [1.82, 2.24) is 10.6 Å². The van der Waals surface area contributed by atoms with Crippen LogP contribution < -0.4 is 10.6 Å². The molecule has 0 aliphatic carbocycles. The van der Waals surface area contributed by atoms with E-state index < -0.39 is 47.9 Å². The van der Waals surface area contributed by atoms with Gasteiger partial charge in [-0.2, -0.15) is 0 Å². The molecular weight excluding hydrogens is 340 g/mol. The van der Waals surface area contributed by atoms with Crippen molar-refractivity contribution in [2.75, 3.05) is 0 Å². The summed E-state index contributed by atoms with van der Waals surface area (Å²) in [5.74, 6) is -7.40. The minimum atomic E-state index is -1.67. The van der Waals surface area contributed by atoms with Gasteiger partial charge >= 0.3 is 12.0 Å². The van der Waals surface area contributed by atoms with Crippen molar-refractivity contribution in [2.45, 2.75) is 13.3 Å². The molecule has 3 N–H and O–H groups in total. The van der Waals surface area contributed by atoms with Crippen molar-refractivity contribution in [3.63, 3.8) is 0 Å². The van der Waals surface area contributed by atoms with Crippen LogP contribution in [0.2, 0.25) is 5.02 Å². The van der Waals surface area contributed by atoms with E-state index in [0.29, 0.717) is 10.6 Å². The van der Waals surface area contributed by atoms with Gasteiger partial charge in [-0.05, 0) is 30.7 Å². The summed E-state index contributed by atoms with van der Waals surface area (Å²) in [6, 6.07) is 3.40. The van der Waals surface area contributed by atoms with Crippen LogP contribution in [0.3, 0.4) is 0 Å². The number of hydrogen-bond acceptors (Lipinski definition) is 5. The number of carboxylic acids is 1. The van der Waals surface area contributed by atoms with Crippen molar-refractivity contribution in [2.24, 2.45) is 11.8 Å². The number of imide groups is 2. The first kappa shape index (κ1) is 17.6. The number of ketones is 1. The maximum absolute atomic E-state index is 12.3. The van der Waals surface area contributed by atoms with E-state index in [1.165, 1.54) is 18.2 Å². The summed E-state index contributed by atoms with van der Waals surface area (Å²) in [7, 11) is 0. The molecule has 1 saturated heterocycles. The molecule has 24 heavy (non-hydrogen) atoms. The fraction of sp³-hybridized carbons (Fsp3) is 0.267. The first-order valence-electron chi connectivity index (χ1n) is 6.88. The predicted molar refractivity (Wildman–Crippen MR) is 81.4 cm³/mol. The summed E-state index contributed by atoms with van der Waals surface area (Å²) >= 11 is 5.87. The largest absolute Gasteiger partial charge is 0.481 e. The Balaban J connectivity index is 2.25. The summed E-state index contributed by atoms with van der Waals surface area (Å²) in [5, 5.41) is 13.4. The molecule has 1 atom stereocenters. The van der Waals surface area contributed by atoms with E-state index in [1.807, 2.05) is 10.6 Å². The zero-order valence-corrected chi connectivity index (χ0v) is 13.2. The van der Waals surface area contributed by atoms with Gasteiger partial charge in [-0.15, -0.1) is 0 Å². The number of benzene rings is 1. The number of rotatable bonds is 5. The molecule has 1 aromatic rings. The monoisotopic (exact) mass is 352 g/mol. The Morgan fingerprint density at radius 2 is 1.79 bits per heavy atom. The summed E-state index contributed by atoms with van der Waals surface area (Å²) in [5.41, 5.74) is 0.851. The number of Topliss-reactive ketones (excluding diaryl/α,β-unsaturated/α-hetero) is 1. The quantitative estimate of drug-likeness (QED) is 0.533. The average molecular weight is 353 g/mol. The average Bonchev–Trinajstić information content (AvgIpc) is 2.47. The number of urea groups is 1. The highest BCUT2D eigenvalue weighted by atomic mass is 35.5. The molecule has 1 unspecified atom stereocenters. The van der Waals surface area contributed by atoms with Gasteiger partial charge in [0.15, 0.2) is 5.78 Å². The molecule has 1 heterocycles. The molecule has 8 nitrogen and oxygen atoms in total. The van der Waals surface area contributed by atoms with Crippen LogP contribution in [-0.2, 0) is 14.4 Å². The third-order valence-corrected chi connectivity index (χ3v) is 4.07. The summed E-state index contributed by atoms with van der Waals surface area (Å²) in [6.07, 6.45) is -0.573. The summed E-state index contributed by atoms with van der Waals surface area (Å²) in [4.78, 5) is 58.4. The van der Waals surface area contributed by atoms with Crippen molar-refractivity contribution in [1.29, 1.82) is 0 Å². The van der Waals surface area contributed by atoms with Gasteiger partial charge in [-0.3, -0.25) is 29.8 Å². The SMILES string of the molecule is Cc1cc(C(=O)CC(C(=O)O)C2C(=O)NC(=O)NC2=O)ccc1Cl. The van der Waals surface area contributed by atoms with Crippen molar-refractivity contribution in [3.05, 3.63) is 34.3 Å². The Kier molecular flexibility index (Phi) is 4.99. The number of aryl methyl sites for hydroxylation is 1. The zero-order valence-electron chi connectivity index (χ0n) is 12.5. The van der Waals surface area contributed by atoms with Crippen LogP contribution in [0.15, 0.2) is 18.2 Å². The summed E-state index contributed by atoms with van der Waals surface area (Å²) in [6.45, 7) is 1.68. The molecule has 126 valence electrons. The van der Waals surface area contributed by atoms with E-state index in [2.05, 4.69) is 0 Å². The second kappa shape index (κ2) is 6.79. The number of hydrogen-bond donors (Lipinski definition) is 3. The van der Waals surface area contributed by atoms with Crippen LogP contribution in [-0.4, -0.2) is 34.7 Å². The first-order chi connectivity index (χ1) is 11.2. The van der Waals surface area contributed by atoms with E-state index >= 15 is 0 Å². The van der Waals surface area contributed by atoms with Gasteiger partial charge < -0.3 is 5.11 Å². The third kappa shape index (κ3) is 3.60. The minimum absolute atomic E-state index is 0.218. The second-order valence-corrected chi connectivity index (χ2v) is 5.73. The number of halogens is 1. The lowest BCUT2D eigenvalue weighted by Crippen LogP contribution is -2.58. The molecule has 0 aromatic heterocycles. The first-order valence-corrected chi connectivity index (χ1v) is 7.26. The van der Waals surface area contributed by atoms with E-state index in [0.717, 1.165) is 0 Å². The van der Waals surface area contributed by atoms with Crippen LogP contribution in [0.1, 0.15) is 22.3 Å². The Bertz CT molecular complexity index is 740. The molecule has 2 rings (SSSR count). The standard InChI is InChI=1S/C15H13ClN2O6/c1-6-4-7(2-3-9(6)16)10(19)5-8(14(22)23)11-12(20)17-15(24)18-13(11)21/h2-4,8,11H,5H2,1H3,(H,22,23)(H2,17,18,20,21,24). The van der Waals surface area contributed by atoms with Crippen LogP contribution >= 0.6 is 11.6 Å². The normalized spacial score (nSPS) is 16.3. The third-order valence-electron chi connectivity index (χ3n) is 3.64. The topological polar surface area (TPSA) is 130 Å². The van der Waals surface area contributed by atoms with Gasteiger partial charge in [0.25, 0.3) is 0 Å². The van der Waals surface area contributed by atoms with Gasteiger partial charge in [0.1, 0.15) is 5.92 Å². The number of carboxylic acid groups (broad SMARTS) is 1. The van der Waals surface area contributed by atoms with Gasteiger partial charge in [0.2, 0.25) is 11.8 Å². The van der Waals surface area contributed by atoms with Gasteiger partial charge in [-0.1, -0.05) is 11.6 Å². The maximum atomic E-state index is 12.3. The van der Waals surface area contributed by atoms with E-state index in [-0.39, 0.29) is 5.56 Å². The number of carbonyl (C=O) groups excluding carboxylic acids is 4. The van der Waals surface area contributed by atoms with Crippen molar-refractivity contribution in [3.8, 4) is 0 Å². The number of carbonyl (C=O) groups is 5. The highest BCUT2D eigenvalue weighted by molar-refractivity contribution is 6.31. The number of nitrogens with one attached hydrogen (secondary N) is 2. The second-order valence-electron chi connectivity index (χ2n) is 5.32. The van der Waals surface area contributed by atoms with Gasteiger partial charge in [0, 0.05) is 17.0 Å². The van der Waals surface area contributed by atoms with Crippen LogP contribution in [0.4, 0.5) is 4.79 Å². The molecule has 9 heteroatoms. The Morgan fingerprint density at radius 3 is 2.29 bits per heavy atom. The highest BCUT2D eigenvalue weighted by Gasteiger charge is 2.44. The summed E-state index contributed by atoms with van der Waals surface area (Å²) < 4.78 is 0. The molecule has 0 saturated carbocycles.